The highest BCUT2D eigenvalue weighted by molar-refractivity contribution is 6.10. The third-order valence-corrected chi connectivity index (χ3v) is 4.06. The fourth-order valence-electron chi connectivity index (χ4n) is 3.06. The number of benzene rings is 3. The Hall–Kier alpha value is -2.86. The Morgan fingerprint density at radius 2 is 1.14 bits per heavy atom. The first kappa shape index (κ1) is 12.8. The van der Waals surface area contributed by atoms with Crippen LogP contribution < -0.4 is 0 Å². The highest BCUT2D eigenvalue weighted by Crippen LogP contribution is 2.34. The zero-order chi connectivity index (χ0) is 14.8. The van der Waals surface area contributed by atoms with Crippen LogP contribution >= 0.6 is 0 Å². The lowest BCUT2D eigenvalue weighted by Gasteiger charge is -2.13. The Morgan fingerprint density at radius 1 is 0.545 bits per heavy atom. The van der Waals surface area contributed by atoms with Crippen LogP contribution in [0.2, 0.25) is 0 Å². The van der Waals surface area contributed by atoms with Crippen molar-refractivity contribution in [3.63, 3.8) is 0 Å². The number of rotatable bonds is 1. The van der Waals surface area contributed by atoms with Gasteiger partial charge in [0.25, 0.3) is 0 Å². The third-order valence-electron chi connectivity index (χ3n) is 4.06. The zero-order valence-electron chi connectivity index (χ0n) is 12.2. The van der Waals surface area contributed by atoms with Crippen LogP contribution in [0.15, 0.2) is 97.1 Å². The molecule has 4 rings (SSSR count). The topological polar surface area (TPSA) is 0 Å². The van der Waals surface area contributed by atoms with Crippen LogP contribution in [-0.4, -0.2) is 0 Å². The van der Waals surface area contributed by atoms with Crippen LogP contribution in [0.4, 0.5) is 0 Å². The summed E-state index contributed by atoms with van der Waals surface area (Å²) in [7, 11) is 0. The molecule has 0 unspecified atom stereocenters. The molecule has 0 saturated carbocycles. The first-order valence-corrected chi connectivity index (χ1v) is 7.56. The number of hydrogen-bond donors (Lipinski definition) is 0. The summed E-state index contributed by atoms with van der Waals surface area (Å²) >= 11 is 0. The predicted molar refractivity (Wildman–Crippen MR) is 96.9 cm³/mol. The summed E-state index contributed by atoms with van der Waals surface area (Å²) in [4.78, 5) is 0. The van der Waals surface area contributed by atoms with Crippen molar-refractivity contribution < 1.29 is 0 Å². The highest BCUT2D eigenvalue weighted by atomic mass is 14.1. The minimum atomic E-state index is 1.24. The fourth-order valence-corrected chi connectivity index (χ4v) is 3.06. The molecule has 0 amide bonds. The lowest BCUT2D eigenvalue weighted by molar-refractivity contribution is 1.70. The molecule has 1 aliphatic rings. The molecule has 0 aliphatic heterocycles. The summed E-state index contributed by atoms with van der Waals surface area (Å²) in [5.41, 5.74) is 2.55. The van der Waals surface area contributed by atoms with Gasteiger partial charge in [-0.05, 0) is 38.7 Å². The fraction of sp³-hybridized carbons (Fsp3) is 0. The molecule has 22 heavy (non-hydrogen) atoms. The molecule has 0 nitrogen and oxygen atoms in total. The molecule has 0 bridgehead atoms. The van der Waals surface area contributed by atoms with Crippen LogP contribution in [0, 0.1) is 0 Å². The van der Waals surface area contributed by atoms with Gasteiger partial charge in [0.1, 0.15) is 0 Å². The first-order chi connectivity index (χ1) is 10.9. The quantitative estimate of drug-likeness (QED) is 0.475. The minimum Gasteiger partial charge on any atom is -0.0623 e. The standard InChI is InChI=1S/C22H16/c1-2-4-10-17(11-5-3-1)22-20-14-8-6-12-18(20)16-19-13-7-9-15-21(19)22/h1-16H/b2-1-,3-1?,4-2?,5-3-,10-4-,11-5?,17-10?,17-11+. The predicted octanol–water partition coefficient (Wildman–Crippen LogP) is 6.06. The van der Waals surface area contributed by atoms with E-state index in [1.54, 1.807) is 0 Å². The second kappa shape index (κ2) is 5.50. The van der Waals surface area contributed by atoms with Crippen molar-refractivity contribution in [3.8, 4) is 0 Å². The van der Waals surface area contributed by atoms with Crippen LogP contribution in [0.1, 0.15) is 5.56 Å². The molecule has 0 saturated heterocycles. The molecular weight excluding hydrogens is 264 g/mol. The Labute approximate surface area is 130 Å². The average Bonchev–Trinajstić information content (AvgIpc) is 2.53. The lowest BCUT2D eigenvalue weighted by Crippen LogP contribution is -1.88. The summed E-state index contributed by atoms with van der Waals surface area (Å²) in [5.74, 6) is 0. The summed E-state index contributed by atoms with van der Waals surface area (Å²) in [6.45, 7) is 0. The Balaban J connectivity index is 2.13. The highest BCUT2D eigenvalue weighted by Gasteiger charge is 2.09. The smallest absolute Gasteiger partial charge is 0.00268 e. The number of allylic oxidation sites excluding steroid dienone is 8. The molecular formula is C22H16. The molecule has 0 aromatic heterocycles. The third kappa shape index (κ3) is 2.19. The van der Waals surface area contributed by atoms with Crippen molar-refractivity contribution >= 4 is 27.1 Å². The van der Waals surface area contributed by atoms with Crippen molar-refractivity contribution in [2.75, 3.05) is 0 Å². The maximum absolute atomic E-state index is 2.27. The maximum atomic E-state index is 2.27. The van der Waals surface area contributed by atoms with E-state index in [0.29, 0.717) is 0 Å². The Bertz CT molecular complexity index is 912. The summed E-state index contributed by atoms with van der Waals surface area (Å²) < 4.78 is 0. The van der Waals surface area contributed by atoms with Gasteiger partial charge in [0, 0.05) is 0 Å². The van der Waals surface area contributed by atoms with E-state index in [0.717, 1.165) is 0 Å². The molecule has 0 heterocycles. The molecule has 3 aromatic rings. The largest absolute Gasteiger partial charge is 0.0623 e. The van der Waals surface area contributed by atoms with E-state index in [1.165, 1.54) is 32.7 Å². The maximum Gasteiger partial charge on any atom is -0.00268 e. The van der Waals surface area contributed by atoms with E-state index in [9.17, 15) is 0 Å². The molecule has 104 valence electrons. The molecule has 0 heteroatoms. The van der Waals surface area contributed by atoms with Crippen LogP contribution in [-0.2, 0) is 0 Å². The van der Waals surface area contributed by atoms with Gasteiger partial charge in [-0.15, -0.1) is 0 Å². The van der Waals surface area contributed by atoms with E-state index in [4.69, 9.17) is 0 Å². The van der Waals surface area contributed by atoms with Gasteiger partial charge < -0.3 is 0 Å². The van der Waals surface area contributed by atoms with Crippen molar-refractivity contribution in [3.05, 3.63) is 103 Å². The molecule has 1 aliphatic carbocycles. The Morgan fingerprint density at radius 3 is 1.86 bits per heavy atom. The summed E-state index contributed by atoms with van der Waals surface area (Å²) in [5, 5.41) is 5.17. The first-order valence-electron chi connectivity index (χ1n) is 7.56. The van der Waals surface area contributed by atoms with Gasteiger partial charge in [-0.1, -0.05) is 91.1 Å². The molecule has 0 N–H and O–H groups in total. The normalized spacial score (nSPS) is 20.8. The van der Waals surface area contributed by atoms with Crippen molar-refractivity contribution in [2.24, 2.45) is 0 Å². The molecule has 0 spiro atoms. The average molecular weight is 280 g/mol. The zero-order valence-corrected chi connectivity index (χ0v) is 12.2. The molecule has 0 atom stereocenters. The number of fused-ring (bicyclic) bond motifs is 2. The molecule has 0 fully saturated rings. The lowest BCUT2D eigenvalue weighted by atomic mass is 9.91. The van der Waals surface area contributed by atoms with E-state index in [-0.39, 0.29) is 0 Å². The summed E-state index contributed by atoms with van der Waals surface area (Å²) in [6, 6.07) is 19.5. The van der Waals surface area contributed by atoms with E-state index in [1.807, 2.05) is 6.08 Å². The number of hydrogen-bond acceptors (Lipinski definition) is 0. The minimum absolute atomic E-state index is 1.24. The monoisotopic (exact) mass is 280 g/mol. The second-order valence-electron chi connectivity index (χ2n) is 5.44. The van der Waals surface area contributed by atoms with E-state index in [2.05, 4.69) is 91.1 Å². The van der Waals surface area contributed by atoms with E-state index < -0.39 is 0 Å². The van der Waals surface area contributed by atoms with Gasteiger partial charge in [-0.25, -0.2) is 0 Å². The van der Waals surface area contributed by atoms with Gasteiger partial charge in [0.05, 0.1) is 0 Å². The van der Waals surface area contributed by atoms with Crippen LogP contribution in [0.5, 0.6) is 0 Å². The van der Waals surface area contributed by atoms with Crippen molar-refractivity contribution in [1.82, 2.24) is 0 Å². The molecule has 3 aromatic carbocycles. The van der Waals surface area contributed by atoms with Crippen LogP contribution in [0.25, 0.3) is 27.1 Å². The van der Waals surface area contributed by atoms with Crippen molar-refractivity contribution in [2.45, 2.75) is 0 Å². The Kier molecular flexibility index (Phi) is 3.21. The van der Waals surface area contributed by atoms with Crippen molar-refractivity contribution in [1.29, 1.82) is 0 Å². The van der Waals surface area contributed by atoms with Crippen LogP contribution in [0.3, 0.4) is 0 Å². The second-order valence-corrected chi connectivity index (χ2v) is 5.44. The molecule has 0 radical (unpaired) electrons. The van der Waals surface area contributed by atoms with Gasteiger partial charge in [-0.2, -0.15) is 0 Å². The van der Waals surface area contributed by atoms with Gasteiger partial charge >= 0.3 is 0 Å². The van der Waals surface area contributed by atoms with Gasteiger partial charge in [0.15, 0.2) is 0 Å². The van der Waals surface area contributed by atoms with Gasteiger partial charge in [0.2, 0.25) is 0 Å². The van der Waals surface area contributed by atoms with E-state index >= 15 is 0 Å². The van der Waals surface area contributed by atoms with Gasteiger partial charge in [-0.3, -0.25) is 0 Å². The summed E-state index contributed by atoms with van der Waals surface area (Å²) in [6.07, 6.45) is 14.8. The SMILES string of the molecule is C1=C\C=C/C(c2c3ccccc3cc3ccccc23)=C\C=C/1.